The van der Waals surface area contributed by atoms with E-state index < -0.39 is 5.82 Å². The first kappa shape index (κ1) is 18.1. The van der Waals surface area contributed by atoms with E-state index in [4.69, 9.17) is 4.74 Å². The number of rotatable bonds is 5. The van der Waals surface area contributed by atoms with E-state index in [-0.39, 0.29) is 11.9 Å². The number of hydrogen-bond acceptors (Lipinski definition) is 6. The molecule has 0 fully saturated rings. The van der Waals surface area contributed by atoms with Gasteiger partial charge in [-0.2, -0.15) is 0 Å². The number of aromatic nitrogens is 5. The lowest BCUT2D eigenvalue weighted by Gasteiger charge is -2.12. The zero-order valence-electron chi connectivity index (χ0n) is 16.1. The summed E-state index contributed by atoms with van der Waals surface area (Å²) in [5, 5.41) is 11.9. The van der Waals surface area contributed by atoms with Crippen molar-refractivity contribution >= 4 is 27.9 Å². The van der Waals surface area contributed by atoms with E-state index in [9.17, 15) is 4.39 Å². The number of nitrogens with zero attached hydrogens (tertiary/aromatic N) is 5. The van der Waals surface area contributed by atoms with Gasteiger partial charge in [0.15, 0.2) is 11.6 Å². The summed E-state index contributed by atoms with van der Waals surface area (Å²) in [7, 11) is 1.79. The van der Waals surface area contributed by atoms with Gasteiger partial charge < -0.3 is 10.1 Å². The van der Waals surface area contributed by atoms with Gasteiger partial charge in [-0.05, 0) is 38.0 Å². The SMILES string of the molecule is C[CH][C@H](C)Oc1cc2nn(-c3cc(C)cc4nc(NC)cnc34)nc2cc1F. The van der Waals surface area contributed by atoms with Gasteiger partial charge in [0.05, 0.1) is 17.8 Å². The molecule has 0 saturated heterocycles. The van der Waals surface area contributed by atoms with Gasteiger partial charge in [0.2, 0.25) is 0 Å². The Morgan fingerprint density at radius 2 is 1.89 bits per heavy atom. The summed E-state index contributed by atoms with van der Waals surface area (Å²) in [6, 6.07) is 6.78. The third-order valence-corrected chi connectivity index (χ3v) is 4.46. The minimum Gasteiger partial charge on any atom is -0.487 e. The highest BCUT2D eigenvalue weighted by molar-refractivity contribution is 5.85. The number of benzene rings is 2. The van der Waals surface area contributed by atoms with Crippen LogP contribution in [0.15, 0.2) is 30.5 Å². The Morgan fingerprint density at radius 3 is 2.61 bits per heavy atom. The molecule has 2 aromatic carbocycles. The van der Waals surface area contributed by atoms with Crippen molar-refractivity contribution in [3.8, 4) is 11.4 Å². The van der Waals surface area contributed by atoms with Crippen LogP contribution in [-0.2, 0) is 0 Å². The molecule has 4 aromatic rings. The Bertz CT molecular complexity index is 1170. The van der Waals surface area contributed by atoms with Crippen molar-refractivity contribution in [1.29, 1.82) is 0 Å². The second-order valence-electron chi connectivity index (χ2n) is 6.57. The van der Waals surface area contributed by atoms with E-state index in [1.54, 1.807) is 19.3 Å². The van der Waals surface area contributed by atoms with Gasteiger partial charge in [-0.15, -0.1) is 15.0 Å². The average Bonchev–Trinajstić information content (AvgIpc) is 3.09. The number of ether oxygens (including phenoxy) is 1. The van der Waals surface area contributed by atoms with Crippen LogP contribution in [0, 0.1) is 19.2 Å². The summed E-state index contributed by atoms with van der Waals surface area (Å²) >= 11 is 0. The largest absolute Gasteiger partial charge is 0.487 e. The highest BCUT2D eigenvalue weighted by Gasteiger charge is 2.15. The molecule has 8 heteroatoms. The maximum absolute atomic E-state index is 14.4. The first-order valence-corrected chi connectivity index (χ1v) is 8.96. The molecule has 4 rings (SSSR count). The van der Waals surface area contributed by atoms with Crippen molar-refractivity contribution in [1.82, 2.24) is 25.0 Å². The first-order chi connectivity index (χ1) is 13.5. The van der Waals surface area contributed by atoms with Gasteiger partial charge >= 0.3 is 0 Å². The van der Waals surface area contributed by atoms with E-state index in [0.29, 0.717) is 28.1 Å². The Kier molecular flexibility index (Phi) is 4.54. The summed E-state index contributed by atoms with van der Waals surface area (Å²) in [4.78, 5) is 10.5. The van der Waals surface area contributed by atoms with Crippen molar-refractivity contribution in [2.24, 2.45) is 0 Å². The van der Waals surface area contributed by atoms with Crippen LogP contribution in [0.5, 0.6) is 5.75 Å². The Morgan fingerprint density at radius 1 is 1.14 bits per heavy atom. The molecule has 0 bridgehead atoms. The summed E-state index contributed by atoms with van der Waals surface area (Å²) in [6.45, 7) is 5.67. The predicted molar refractivity (Wildman–Crippen MR) is 106 cm³/mol. The van der Waals surface area contributed by atoms with E-state index in [0.717, 1.165) is 11.1 Å². The van der Waals surface area contributed by atoms with Crippen LogP contribution in [0.4, 0.5) is 10.2 Å². The molecule has 0 spiro atoms. The summed E-state index contributed by atoms with van der Waals surface area (Å²) in [5.74, 6) is 0.354. The molecule has 7 nitrogen and oxygen atoms in total. The van der Waals surface area contributed by atoms with Crippen molar-refractivity contribution < 1.29 is 9.13 Å². The van der Waals surface area contributed by atoms with E-state index in [1.807, 2.05) is 39.3 Å². The van der Waals surface area contributed by atoms with Crippen molar-refractivity contribution in [3.05, 3.63) is 48.3 Å². The van der Waals surface area contributed by atoms with Crippen LogP contribution >= 0.6 is 0 Å². The Labute approximate surface area is 161 Å². The molecule has 1 N–H and O–H groups in total. The minimum atomic E-state index is -0.471. The minimum absolute atomic E-state index is 0.151. The maximum Gasteiger partial charge on any atom is 0.167 e. The molecule has 0 aliphatic heterocycles. The zero-order chi connectivity index (χ0) is 19.8. The number of halogens is 1. The summed E-state index contributed by atoms with van der Waals surface area (Å²) < 4.78 is 20.0. The molecule has 1 atom stereocenters. The molecule has 2 heterocycles. The number of hydrogen-bond donors (Lipinski definition) is 1. The van der Waals surface area contributed by atoms with Crippen LogP contribution in [-0.4, -0.2) is 38.1 Å². The molecular formula is C20H20FN6O. The molecular weight excluding hydrogens is 359 g/mol. The van der Waals surface area contributed by atoms with Crippen molar-refractivity contribution in [2.45, 2.75) is 26.9 Å². The van der Waals surface area contributed by atoms with Crippen LogP contribution in [0.25, 0.3) is 27.8 Å². The fourth-order valence-corrected chi connectivity index (χ4v) is 2.90. The van der Waals surface area contributed by atoms with Gasteiger partial charge in [-0.25, -0.2) is 14.4 Å². The van der Waals surface area contributed by atoms with E-state index >= 15 is 0 Å². The Balaban J connectivity index is 1.85. The standard InChI is InChI=1S/C20H20FN6O/c1-5-12(3)28-18-9-15-14(8-13(18)21)25-27(26-15)17-7-11(2)6-16-20(17)23-10-19(22-4)24-16/h5-10,12H,1-4H3,(H,22,24)/t12-/m0/s1. The molecule has 0 unspecified atom stereocenters. The predicted octanol–water partition coefficient (Wildman–Crippen LogP) is 3.84. The summed E-state index contributed by atoms with van der Waals surface area (Å²) in [6.07, 6.45) is 3.29. The lowest BCUT2D eigenvalue weighted by atomic mass is 10.2. The number of aryl methyl sites for hydroxylation is 1. The normalized spacial score (nSPS) is 12.5. The highest BCUT2D eigenvalue weighted by atomic mass is 19.1. The molecule has 2 aromatic heterocycles. The van der Waals surface area contributed by atoms with Gasteiger partial charge in [0.1, 0.15) is 28.1 Å². The Hall–Kier alpha value is -3.29. The van der Waals surface area contributed by atoms with Crippen LogP contribution < -0.4 is 10.1 Å². The number of anilines is 1. The fourth-order valence-electron chi connectivity index (χ4n) is 2.90. The van der Waals surface area contributed by atoms with Gasteiger partial charge in [0, 0.05) is 19.2 Å². The number of fused-ring (bicyclic) bond motifs is 2. The maximum atomic E-state index is 14.4. The van der Waals surface area contributed by atoms with E-state index in [1.165, 1.54) is 10.9 Å². The fraction of sp³-hybridized carbons (Fsp3) is 0.250. The van der Waals surface area contributed by atoms with Gasteiger partial charge in [-0.1, -0.05) is 6.92 Å². The quantitative estimate of drug-likeness (QED) is 0.568. The first-order valence-electron chi connectivity index (χ1n) is 8.96. The van der Waals surface area contributed by atoms with Crippen molar-refractivity contribution in [2.75, 3.05) is 12.4 Å². The smallest absolute Gasteiger partial charge is 0.167 e. The summed E-state index contributed by atoms with van der Waals surface area (Å²) in [5.41, 5.74) is 4.04. The second kappa shape index (κ2) is 7.03. The van der Waals surface area contributed by atoms with Gasteiger partial charge in [0.25, 0.3) is 0 Å². The molecule has 0 saturated carbocycles. The highest BCUT2D eigenvalue weighted by Crippen LogP contribution is 2.26. The van der Waals surface area contributed by atoms with Crippen LogP contribution in [0.1, 0.15) is 19.4 Å². The molecule has 0 aliphatic carbocycles. The monoisotopic (exact) mass is 379 g/mol. The lowest BCUT2D eigenvalue weighted by Crippen LogP contribution is -2.11. The third kappa shape index (κ3) is 3.21. The van der Waals surface area contributed by atoms with Crippen LogP contribution in [0.3, 0.4) is 0 Å². The molecule has 28 heavy (non-hydrogen) atoms. The third-order valence-electron chi connectivity index (χ3n) is 4.46. The zero-order valence-corrected chi connectivity index (χ0v) is 16.1. The van der Waals surface area contributed by atoms with Crippen molar-refractivity contribution in [3.63, 3.8) is 0 Å². The average molecular weight is 379 g/mol. The van der Waals surface area contributed by atoms with Crippen LogP contribution in [0.2, 0.25) is 0 Å². The molecule has 0 aliphatic rings. The molecule has 1 radical (unpaired) electrons. The van der Waals surface area contributed by atoms with E-state index in [2.05, 4.69) is 25.5 Å². The molecule has 143 valence electrons. The number of nitrogens with one attached hydrogen (secondary N) is 1. The molecule has 0 amide bonds. The second-order valence-corrected chi connectivity index (χ2v) is 6.57. The van der Waals surface area contributed by atoms with Gasteiger partial charge in [-0.3, -0.25) is 0 Å². The lowest BCUT2D eigenvalue weighted by molar-refractivity contribution is 0.243. The topological polar surface area (TPSA) is 77.8 Å².